The highest BCUT2D eigenvalue weighted by molar-refractivity contribution is 5.91. The molecule has 10 atom stereocenters. The van der Waals surface area contributed by atoms with Crippen LogP contribution in [0, 0.1) is 0 Å². The molecule has 0 amide bonds. The molecular formula is C45H44O14. The highest BCUT2D eigenvalue weighted by Gasteiger charge is 2.56. The van der Waals surface area contributed by atoms with Gasteiger partial charge in [0.2, 0.25) is 0 Å². The summed E-state index contributed by atoms with van der Waals surface area (Å²) in [4.78, 5) is 67.3. The van der Waals surface area contributed by atoms with Gasteiger partial charge in [0.25, 0.3) is 0 Å². The van der Waals surface area contributed by atoms with Crippen LogP contribution in [0.4, 0.5) is 0 Å². The summed E-state index contributed by atoms with van der Waals surface area (Å²) in [6, 6.07) is 32.5. The minimum absolute atomic E-state index is 0.0603. The van der Waals surface area contributed by atoms with Crippen molar-refractivity contribution in [3.8, 4) is 0 Å². The van der Waals surface area contributed by atoms with E-state index in [1.807, 2.05) is 0 Å². The fraction of sp³-hybridized carbons (Fsp3) is 0.311. The van der Waals surface area contributed by atoms with Gasteiger partial charge < -0.3 is 42.6 Å². The predicted molar refractivity (Wildman–Crippen MR) is 208 cm³/mol. The number of hydrogen-bond donors (Lipinski definition) is 0. The van der Waals surface area contributed by atoms with Crippen molar-refractivity contribution in [3.63, 3.8) is 0 Å². The molecule has 308 valence electrons. The molecule has 0 radical (unpaired) electrons. The van der Waals surface area contributed by atoms with Crippen LogP contribution in [0.5, 0.6) is 0 Å². The molecule has 6 rings (SSSR count). The average Bonchev–Trinajstić information content (AvgIpc) is 3.25. The minimum Gasteiger partial charge on any atom is -0.453 e. The summed E-state index contributed by atoms with van der Waals surface area (Å²) < 4.78 is 55.1. The van der Waals surface area contributed by atoms with Crippen molar-refractivity contribution < 1.29 is 66.6 Å². The summed E-state index contributed by atoms with van der Waals surface area (Å²) in [5.74, 6) is -3.96. The topological polar surface area (TPSA) is 168 Å². The SMILES string of the molecule is C=CCO[C@@H]1O[C@@H](C)[C@H](OC(=O)c2ccccc2)[C@@H](OC(=O)c2ccccc2)[C@H]1O[C@@H]1O[C@@H](C)[C@H](OC(=O)c2ccccc2)[C@@H](OC(=O)c2ccccc2)[C@H]1OC(C)=O. The van der Waals surface area contributed by atoms with Crippen molar-refractivity contribution in [2.24, 2.45) is 0 Å². The van der Waals surface area contributed by atoms with E-state index >= 15 is 0 Å². The number of carbonyl (C=O) groups excluding carboxylic acids is 5. The lowest BCUT2D eigenvalue weighted by Gasteiger charge is -2.48. The number of benzene rings is 4. The van der Waals surface area contributed by atoms with Gasteiger partial charge in [0, 0.05) is 6.92 Å². The molecule has 14 heteroatoms. The van der Waals surface area contributed by atoms with Gasteiger partial charge in [-0.3, -0.25) is 4.79 Å². The Morgan fingerprint density at radius 3 is 1.19 bits per heavy atom. The van der Waals surface area contributed by atoms with Crippen LogP contribution >= 0.6 is 0 Å². The van der Waals surface area contributed by atoms with E-state index in [9.17, 15) is 24.0 Å². The Morgan fingerprint density at radius 2 is 0.831 bits per heavy atom. The number of carbonyl (C=O) groups is 5. The lowest BCUT2D eigenvalue weighted by molar-refractivity contribution is -0.359. The van der Waals surface area contributed by atoms with E-state index in [2.05, 4.69) is 6.58 Å². The average molecular weight is 809 g/mol. The second-order valence-corrected chi connectivity index (χ2v) is 13.7. The number of hydrogen-bond acceptors (Lipinski definition) is 14. The summed E-state index contributed by atoms with van der Waals surface area (Å²) in [6.45, 7) is 7.95. The van der Waals surface area contributed by atoms with Gasteiger partial charge in [0.15, 0.2) is 49.2 Å². The summed E-state index contributed by atoms with van der Waals surface area (Å²) in [5.41, 5.74) is 0.750. The first kappa shape index (κ1) is 42.4. The fourth-order valence-electron chi connectivity index (χ4n) is 6.63. The lowest BCUT2D eigenvalue weighted by atomic mass is 9.96. The summed E-state index contributed by atoms with van der Waals surface area (Å²) in [7, 11) is 0. The molecule has 2 fully saturated rings. The van der Waals surface area contributed by atoms with Crippen molar-refractivity contribution in [1.82, 2.24) is 0 Å². The zero-order chi connectivity index (χ0) is 41.9. The van der Waals surface area contributed by atoms with Gasteiger partial charge in [-0.15, -0.1) is 6.58 Å². The van der Waals surface area contributed by atoms with E-state index in [1.165, 1.54) is 18.2 Å². The van der Waals surface area contributed by atoms with Crippen LogP contribution in [0.3, 0.4) is 0 Å². The largest absolute Gasteiger partial charge is 0.453 e. The van der Waals surface area contributed by atoms with E-state index in [0.717, 1.165) is 6.92 Å². The van der Waals surface area contributed by atoms with Gasteiger partial charge in [-0.1, -0.05) is 78.9 Å². The third-order valence-corrected chi connectivity index (χ3v) is 9.44. The Morgan fingerprint density at radius 1 is 0.492 bits per heavy atom. The smallest absolute Gasteiger partial charge is 0.338 e. The summed E-state index contributed by atoms with van der Waals surface area (Å²) >= 11 is 0. The normalized spacial score (nSPS) is 26.4. The molecule has 2 heterocycles. The molecule has 2 aliphatic rings. The molecular weight excluding hydrogens is 764 g/mol. The van der Waals surface area contributed by atoms with Crippen LogP contribution in [0.25, 0.3) is 0 Å². The van der Waals surface area contributed by atoms with Gasteiger partial charge in [-0.25, -0.2) is 19.2 Å². The van der Waals surface area contributed by atoms with Crippen LogP contribution in [0.2, 0.25) is 0 Å². The molecule has 0 saturated carbocycles. The zero-order valence-electron chi connectivity index (χ0n) is 32.5. The maximum absolute atomic E-state index is 13.8. The minimum atomic E-state index is -1.63. The lowest BCUT2D eigenvalue weighted by Crippen LogP contribution is -2.66. The maximum Gasteiger partial charge on any atom is 0.338 e. The molecule has 0 aromatic heterocycles. The number of rotatable bonds is 14. The Labute approximate surface area is 340 Å². The zero-order valence-corrected chi connectivity index (χ0v) is 32.5. The first-order valence-corrected chi connectivity index (χ1v) is 18.9. The van der Waals surface area contributed by atoms with Crippen molar-refractivity contribution >= 4 is 29.8 Å². The van der Waals surface area contributed by atoms with Crippen molar-refractivity contribution in [3.05, 3.63) is 156 Å². The van der Waals surface area contributed by atoms with Gasteiger partial charge in [0.1, 0.15) is 0 Å². The van der Waals surface area contributed by atoms with Crippen LogP contribution in [0.1, 0.15) is 62.2 Å². The Hall–Kier alpha value is -6.19. The Bertz CT molecular complexity index is 2040. The highest BCUT2D eigenvalue weighted by atomic mass is 16.8. The summed E-state index contributed by atoms with van der Waals surface area (Å²) in [5, 5.41) is 0. The molecule has 2 aliphatic heterocycles. The van der Waals surface area contributed by atoms with Crippen LogP contribution in [-0.2, 0) is 47.4 Å². The molecule has 14 nitrogen and oxygen atoms in total. The quantitative estimate of drug-likeness (QED) is 0.0839. The monoisotopic (exact) mass is 808 g/mol. The summed E-state index contributed by atoms with van der Waals surface area (Å²) in [6.07, 6.45) is -12.2. The van der Waals surface area contributed by atoms with Gasteiger partial charge in [0.05, 0.1) is 41.1 Å². The van der Waals surface area contributed by atoms with Gasteiger partial charge in [-0.05, 0) is 62.4 Å². The second-order valence-electron chi connectivity index (χ2n) is 13.7. The van der Waals surface area contributed by atoms with Gasteiger partial charge in [-0.2, -0.15) is 0 Å². The van der Waals surface area contributed by atoms with Crippen LogP contribution in [-0.4, -0.2) is 97.9 Å². The first-order valence-electron chi connectivity index (χ1n) is 18.9. The Kier molecular flexibility index (Phi) is 14.4. The number of ether oxygens (including phenoxy) is 9. The van der Waals surface area contributed by atoms with E-state index in [1.54, 1.807) is 123 Å². The maximum atomic E-state index is 13.8. The third-order valence-electron chi connectivity index (χ3n) is 9.44. The molecule has 0 aliphatic carbocycles. The molecule has 4 aromatic carbocycles. The van der Waals surface area contributed by atoms with Crippen molar-refractivity contribution in [1.29, 1.82) is 0 Å². The van der Waals surface area contributed by atoms with Crippen molar-refractivity contribution in [2.45, 2.75) is 82.2 Å². The molecule has 0 bridgehead atoms. The fourth-order valence-corrected chi connectivity index (χ4v) is 6.63. The molecule has 0 spiro atoms. The molecule has 0 unspecified atom stereocenters. The predicted octanol–water partition coefficient (Wildman–Crippen LogP) is 5.90. The Balaban J connectivity index is 1.40. The molecule has 59 heavy (non-hydrogen) atoms. The second kappa shape index (κ2) is 20.0. The molecule has 2 saturated heterocycles. The third kappa shape index (κ3) is 10.7. The standard InChI is InChI=1S/C45H44O14/c1-5-26-51-44-38(36(57-42(49)32-22-14-8-15-23-32)34(27(2)52-44)55-40(47)30-18-10-6-11-19-30)59-45-39(54-29(4)46)37(58-43(50)33-24-16-9-17-25-33)35(28(3)53-45)56-41(48)31-20-12-7-13-21-31/h5-25,27-28,34-39,44-45H,1,26H2,2-4H3/t27-,28-,34-,35-,36+,37+,38+,39+,44+,45-/m0/s1. The molecule has 4 aromatic rings. The first-order chi connectivity index (χ1) is 28.5. The van der Waals surface area contributed by atoms with E-state index in [0.29, 0.717) is 0 Å². The van der Waals surface area contributed by atoms with E-state index in [-0.39, 0.29) is 28.9 Å². The van der Waals surface area contributed by atoms with Crippen LogP contribution < -0.4 is 0 Å². The van der Waals surface area contributed by atoms with Crippen LogP contribution in [0.15, 0.2) is 134 Å². The highest BCUT2D eigenvalue weighted by Crippen LogP contribution is 2.36. The van der Waals surface area contributed by atoms with Crippen molar-refractivity contribution in [2.75, 3.05) is 6.61 Å². The van der Waals surface area contributed by atoms with E-state index in [4.69, 9.17) is 42.6 Å². The number of esters is 5. The molecule has 0 N–H and O–H groups in total. The van der Waals surface area contributed by atoms with E-state index < -0.39 is 91.3 Å². The van der Waals surface area contributed by atoms with Gasteiger partial charge >= 0.3 is 29.8 Å².